The Hall–Kier alpha value is -0.223. The van der Waals surface area contributed by atoms with Crippen LogP contribution in [0.1, 0.15) is 0 Å². The Morgan fingerprint density at radius 2 is 0.800 bits per heavy atom. The molecule has 0 aromatic heterocycles. The fourth-order valence-corrected chi connectivity index (χ4v) is 0. The van der Waals surface area contributed by atoms with Crippen LogP contribution in [0.15, 0.2) is 0 Å². The second-order valence-electron chi connectivity index (χ2n) is 0.447. The van der Waals surface area contributed by atoms with Crippen molar-refractivity contribution in [2.24, 2.45) is 0 Å². The maximum atomic E-state index is 8.25. The second-order valence-corrected chi connectivity index (χ2v) is 0.447. The van der Waals surface area contributed by atoms with Crippen LogP contribution in [0.4, 0.5) is 0 Å². The molecule has 10 heteroatoms. The van der Waals surface area contributed by atoms with E-state index < -0.39 is 10.2 Å². The topological polar surface area (TPSA) is 132 Å². The second kappa shape index (κ2) is 15.9. The van der Waals surface area contributed by atoms with Crippen LogP contribution >= 0.6 is 0 Å². The van der Waals surface area contributed by atoms with E-state index in [-0.39, 0.29) is 42.7 Å². The van der Waals surface area contributed by atoms with Gasteiger partial charge in [0.15, 0.2) is 0 Å². The normalized spacial score (nSPS) is 4.80. The predicted octanol–water partition coefficient (Wildman–Crippen LogP) is -0.483. The van der Waals surface area contributed by atoms with Crippen LogP contribution in [0.5, 0.6) is 0 Å². The summed E-state index contributed by atoms with van der Waals surface area (Å²) in [6.07, 6.45) is 0. The van der Waals surface area contributed by atoms with E-state index in [1.807, 2.05) is 0 Å². The quantitative estimate of drug-likeness (QED) is 0.332. The molecule has 8 nitrogen and oxygen atoms in total. The summed E-state index contributed by atoms with van der Waals surface area (Å²) in [6, 6.07) is 0. The van der Waals surface area contributed by atoms with E-state index in [1.165, 1.54) is 0 Å². The van der Waals surface area contributed by atoms with Gasteiger partial charge in [-0.1, -0.05) is 0 Å². The zero-order valence-electron chi connectivity index (χ0n) is 4.16. The SMILES string of the molecule is O=[N+]([O-])[O-].O=[N+]([O-])[O-].[Ni+2].[Zr+4]. The van der Waals surface area contributed by atoms with Crippen molar-refractivity contribution in [3.05, 3.63) is 30.6 Å². The Kier molecular flexibility index (Phi) is 35.9. The number of hydrogen-bond acceptors (Lipinski definition) is 6. The summed E-state index contributed by atoms with van der Waals surface area (Å²) in [5, 5.41) is 29.5. The van der Waals surface area contributed by atoms with Crippen LogP contribution in [0.25, 0.3) is 0 Å². The molecular weight excluding hydrogens is 274 g/mol. The largest absolute Gasteiger partial charge is 4.00 e. The third kappa shape index (κ3) is 7160. The molecule has 0 aromatic rings. The molecule has 0 aliphatic heterocycles. The third-order valence-corrected chi connectivity index (χ3v) is 0. The van der Waals surface area contributed by atoms with Crippen LogP contribution in [0.3, 0.4) is 0 Å². The molecule has 0 aliphatic carbocycles. The summed E-state index contributed by atoms with van der Waals surface area (Å²) < 4.78 is 0. The minimum atomic E-state index is -1.75. The first kappa shape index (κ1) is 22.6. The van der Waals surface area contributed by atoms with Crippen molar-refractivity contribution in [1.82, 2.24) is 0 Å². The molecule has 0 atom stereocenters. The van der Waals surface area contributed by atoms with Crippen molar-refractivity contribution < 1.29 is 52.9 Å². The minimum absolute atomic E-state index is 0. The van der Waals surface area contributed by atoms with Gasteiger partial charge in [0.05, 0.1) is 10.2 Å². The maximum absolute atomic E-state index is 8.25. The summed E-state index contributed by atoms with van der Waals surface area (Å²) in [7, 11) is 0. The Morgan fingerprint density at radius 3 is 0.800 bits per heavy atom. The van der Waals surface area contributed by atoms with Crippen LogP contribution in [-0.4, -0.2) is 10.2 Å². The first-order valence-corrected chi connectivity index (χ1v) is 1.10. The zero-order chi connectivity index (χ0) is 7.15. The standard InChI is InChI=1S/2NO3.Ni.Zr/c2*2-1(3)4;;/q2*-1;+2;+4. The fourth-order valence-electron chi connectivity index (χ4n) is 0. The monoisotopic (exact) mass is 272 g/mol. The van der Waals surface area contributed by atoms with E-state index in [0.29, 0.717) is 0 Å². The number of hydrogen-bond donors (Lipinski definition) is 0. The predicted molar refractivity (Wildman–Crippen MR) is 20.7 cm³/mol. The van der Waals surface area contributed by atoms with Crippen molar-refractivity contribution in [3.8, 4) is 0 Å². The summed E-state index contributed by atoms with van der Waals surface area (Å²) in [4.78, 5) is 16.5. The van der Waals surface area contributed by atoms with Crippen molar-refractivity contribution in [3.63, 3.8) is 0 Å². The van der Waals surface area contributed by atoms with Gasteiger partial charge >= 0.3 is 42.7 Å². The summed E-state index contributed by atoms with van der Waals surface area (Å²) in [5.41, 5.74) is 0. The van der Waals surface area contributed by atoms with Gasteiger partial charge in [-0.15, -0.1) is 0 Å². The molecule has 10 heavy (non-hydrogen) atoms. The molecule has 0 fully saturated rings. The molecular formula is N2NiO6Zr+4. The Labute approximate surface area is 83.5 Å². The Balaban J connectivity index is -0.0000000300. The molecule has 0 spiro atoms. The molecule has 0 aliphatic rings. The molecule has 0 saturated heterocycles. The molecule has 0 saturated carbocycles. The van der Waals surface area contributed by atoms with Gasteiger partial charge in [0.25, 0.3) is 0 Å². The summed E-state index contributed by atoms with van der Waals surface area (Å²) in [5.74, 6) is 0. The molecule has 0 N–H and O–H groups in total. The van der Waals surface area contributed by atoms with E-state index >= 15 is 0 Å². The van der Waals surface area contributed by atoms with E-state index in [4.69, 9.17) is 30.6 Å². The van der Waals surface area contributed by atoms with Crippen molar-refractivity contribution in [1.29, 1.82) is 0 Å². The van der Waals surface area contributed by atoms with E-state index in [1.54, 1.807) is 0 Å². The molecule has 0 amide bonds. The average molecular weight is 274 g/mol. The van der Waals surface area contributed by atoms with E-state index in [2.05, 4.69) is 0 Å². The molecule has 0 rings (SSSR count). The van der Waals surface area contributed by atoms with Crippen molar-refractivity contribution in [2.75, 3.05) is 0 Å². The first-order valence-electron chi connectivity index (χ1n) is 1.10. The van der Waals surface area contributed by atoms with Gasteiger partial charge in [-0.25, -0.2) is 0 Å². The fraction of sp³-hybridized carbons (Fsp3) is 0. The van der Waals surface area contributed by atoms with Crippen LogP contribution in [0.2, 0.25) is 0 Å². The van der Waals surface area contributed by atoms with Gasteiger partial charge in [0.2, 0.25) is 0 Å². The summed E-state index contributed by atoms with van der Waals surface area (Å²) >= 11 is 0. The van der Waals surface area contributed by atoms with Crippen molar-refractivity contribution in [2.45, 2.75) is 0 Å². The van der Waals surface area contributed by atoms with Gasteiger partial charge in [-0.3, -0.25) is 0 Å². The van der Waals surface area contributed by atoms with Gasteiger partial charge in [0.1, 0.15) is 0 Å². The first-order chi connectivity index (χ1) is 3.46. The van der Waals surface area contributed by atoms with Gasteiger partial charge in [0, 0.05) is 0 Å². The molecule has 0 unspecified atom stereocenters. The Bertz CT molecular complexity index is 73.7. The molecule has 0 aromatic carbocycles. The molecule has 0 bridgehead atoms. The van der Waals surface area contributed by atoms with Gasteiger partial charge in [-0.05, 0) is 0 Å². The van der Waals surface area contributed by atoms with E-state index in [0.717, 1.165) is 0 Å². The van der Waals surface area contributed by atoms with Crippen LogP contribution in [0, 0.1) is 30.6 Å². The molecule has 0 heterocycles. The Morgan fingerprint density at radius 1 is 0.800 bits per heavy atom. The van der Waals surface area contributed by atoms with Crippen LogP contribution < -0.4 is 0 Å². The van der Waals surface area contributed by atoms with E-state index in [9.17, 15) is 0 Å². The molecule has 0 radical (unpaired) electrons. The zero-order valence-corrected chi connectivity index (χ0v) is 7.61. The van der Waals surface area contributed by atoms with Crippen LogP contribution in [-0.2, 0) is 42.7 Å². The van der Waals surface area contributed by atoms with Gasteiger partial charge in [-0.2, -0.15) is 0 Å². The number of nitrogens with zero attached hydrogens (tertiary/aromatic N) is 2. The number of rotatable bonds is 0. The maximum Gasteiger partial charge on any atom is 4.00 e. The summed E-state index contributed by atoms with van der Waals surface area (Å²) in [6.45, 7) is 0. The van der Waals surface area contributed by atoms with Crippen molar-refractivity contribution >= 4 is 0 Å². The van der Waals surface area contributed by atoms with Gasteiger partial charge < -0.3 is 30.6 Å². The average Bonchev–Trinajstić information content (AvgIpc) is 1.25. The molecule has 56 valence electrons. The third-order valence-electron chi connectivity index (χ3n) is 0. The smallest absolute Gasteiger partial charge is 0.356 e. The minimum Gasteiger partial charge on any atom is -0.356 e.